The van der Waals surface area contributed by atoms with Crippen LogP contribution < -0.4 is 0 Å². The number of hydrogen-bond donors (Lipinski definition) is 0. The first-order valence-corrected chi connectivity index (χ1v) is 6.79. The van der Waals surface area contributed by atoms with Crippen LogP contribution in [0.5, 0.6) is 0 Å². The molecule has 0 aliphatic rings. The lowest BCUT2D eigenvalue weighted by molar-refractivity contribution is 0.482. The molecule has 0 N–H and O–H groups in total. The first-order valence-electron chi connectivity index (χ1n) is 6.79. The SMILES string of the molecule is CCCC(CCCC(C)C)c1ccccc1. The molecule has 0 spiro atoms. The average Bonchev–Trinajstić information content (AvgIpc) is 2.29. The molecule has 1 aromatic carbocycles. The van der Waals surface area contributed by atoms with E-state index in [0.29, 0.717) is 0 Å². The fraction of sp³-hybridized carbons (Fsp3) is 0.625. The Morgan fingerprint density at radius 2 is 1.62 bits per heavy atom. The highest BCUT2D eigenvalue weighted by molar-refractivity contribution is 5.19. The molecule has 16 heavy (non-hydrogen) atoms. The molecule has 1 rings (SSSR count). The van der Waals surface area contributed by atoms with Crippen LogP contribution in [0.2, 0.25) is 0 Å². The first-order chi connectivity index (χ1) is 7.74. The highest BCUT2D eigenvalue weighted by atomic mass is 14.1. The van der Waals surface area contributed by atoms with Crippen molar-refractivity contribution in [2.75, 3.05) is 0 Å². The predicted molar refractivity (Wildman–Crippen MR) is 72.8 cm³/mol. The fourth-order valence-electron chi connectivity index (χ4n) is 2.32. The van der Waals surface area contributed by atoms with Crippen LogP contribution in [0.25, 0.3) is 0 Å². The van der Waals surface area contributed by atoms with Crippen molar-refractivity contribution in [1.82, 2.24) is 0 Å². The second kappa shape index (κ2) is 7.49. The van der Waals surface area contributed by atoms with Crippen molar-refractivity contribution in [1.29, 1.82) is 0 Å². The minimum Gasteiger partial charge on any atom is -0.0654 e. The van der Waals surface area contributed by atoms with Crippen molar-refractivity contribution >= 4 is 0 Å². The monoisotopic (exact) mass is 218 g/mol. The summed E-state index contributed by atoms with van der Waals surface area (Å²) in [5.74, 6) is 1.63. The molecule has 0 heteroatoms. The van der Waals surface area contributed by atoms with Crippen molar-refractivity contribution in [3.8, 4) is 0 Å². The summed E-state index contributed by atoms with van der Waals surface area (Å²) < 4.78 is 0. The molecule has 0 bridgehead atoms. The summed E-state index contributed by atoms with van der Waals surface area (Å²) in [5.41, 5.74) is 1.54. The Labute approximate surface area is 101 Å². The van der Waals surface area contributed by atoms with Crippen molar-refractivity contribution < 1.29 is 0 Å². The van der Waals surface area contributed by atoms with Gasteiger partial charge in [0, 0.05) is 0 Å². The van der Waals surface area contributed by atoms with Gasteiger partial charge in [-0.1, -0.05) is 70.4 Å². The Kier molecular flexibility index (Phi) is 6.22. The zero-order chi connectivity index (χ0) is 11.8. The summed E-state index contributed by atoms with van der Waals surface area (Å²) in [6.45, 7) is 6.92. The molecule has 0 saturated carbocycles. The Bertz CT molecular complexity index is 261. The molecular weight excluding hydrogens is 192 g/mol. The molecule has 0 amide bonds. The number of benzene rings is 1. The number of rotatable bonds is 7. The van der Waals surface area contributed by atoms with E-state index in [4.69, 9.17) is 0 Å². The van der Waals surface area contributed by atoms with Crippen LogP contribution in [-0.2, 0) is 0 Å². The largest absolute Gasteiger partial charge is 0.0654 e. The molecule has 0 nitrogen and oxygen atoms in total. The van der Waals surface area contributed by atoms with Gasteiger partial charge in [-0.25, -0.2) is 0 Å². The molecule has 0 heterocycles. The fourth-order valence-corrected chi connectivity index (χ4v) is 2.32. The summed E-state index contributed by atoms with van der Waals surface area (Å²) in [7, 11) is 0. The van der Waals surface area contributed by atoms with E-state index in [1.807, 2.05) is 0 Å². The number of hydrogen-bond acceptors (Lipinski definition) is 0. The van der Waals surface area contributed by atoms with E-state index >= 15 is 0 Å². The van der Waals surface area contributed by atoms with Gasteiger partial charge in [0.1, 0.15) is 0 Å². The van der Waals surface area contributed by atoms with Crippen molar-refractivity contribution in [3.05, 3.63) is 35.9 Å². The van der Waals surface area contributed by atoms with Crippen LogP contribution in [0.4, 0.5) is 0 Å². The lowest BCUT2D eigenvalue weighted by Crippen LogP contribution is -1.99. The second-order valence-electron chi connectivity index (χ2n) is 5.22. The second-order valence-corrected chi connectivity index (χ2v) is 5.22. The minimum atomic E-state index is 0.782. The van der Waals surface area contributed by atoms with Crippen molar-refractivity contribution in [3.63, 3.8) is 0 Å². The zero-order valence-corrected chi connectivity index (χ0v) is 11.1. The summed E-state index contributed by atoms with van der Waals surface area (Å²) >= 11 is 0. The summed E-state index contributed by atoms with van der Waals surface area (Å²) in [4.78, 5) is 0. The van der Waals surface area contributed by atoms with E-state index in [-0.39, 0.29) is 0 Å². The molecule has 1 unspecified atom stereocenters. The first kappa shape index (κ1) is 13.3. The molecule has 0 aromatic heterocycles. The van der Waals surface area contributed by atoms with E-state index in [1.165, 1.54) is 37.7 Å². The van der Waals surface area contributed by atoms with Crippen LogP contribution in [0.15, 0.2) is 30.3 Å². The van der Waals surface area contributed by atoms with E-state index in [0.717, 1.165) is 11.8 Å². The smallest absolute Gasteiger partial charge is 0.0162 e. The van der Waals surface area contributed by atoms with Crippen molar-refractivity contribution in [2.24, 2.45) is 5.92 Å². The van der Waals surface area contributed by atoms with E-state index in [2.05, 4.69) is 51.1 Å². The van der Waals surface area contributed by atoms with Crippen molar-refractivity contribution in [2.45, 2.75) is 58.8 Å². The van der Waals surface area contributed by atoms with Gasteiger partial charge in [0.05, 0.1) is 0 Å². The highest BCUT2D eigenvalue weighted by Crippen LogP contribution is 2.27. The normalized spacial score (nSPS) is 13.0. The Morgan fingerprint density at radius 1 is 0.938 bits per heavy atom. The molecular formula is C16H26. The Balaban J connectivity index is 2.48. The summed E-state index contributed by atoms with van der Waals surface area (Å²) in [5, 5.41) is 0. The molecule has 0 saturated heterocycles. The van der Waals surface area contributed by atoms with Gasteiger partial charge in [-0.05, 0) is 30.2 Å². The maximum absolute atomic E-state index is 2.32. The third kappa shape index (κ3) is 4.83. The van der Waals surface area contributed by atoms with Gasteiger partial charge in [-0.15, -0.1) is 0 Å². The van der Waals surface area contributed by atoms with Crippen LogP contribution in [0, 0.1) is 5.92 Å². The quantitative estimate of drug-likeness (QED) is 0.575. The molecule has 0 aliphatic carbocycles. The molecule has 0 fully saturated rings. The van der Waals surface area contributed by atoms with Gasteiger partial charge in [-0.2, -0.15) is 0 Å². The lowest BCUT2D eigenvalue weighted by atomic mass is 9.89. The van der Waals surface area contributed by atoms with Gasteiger partial charge < -0.3 is 0 Å². The molecule has 0 aliphatic heterocycles. The molecule has 1 atom stereocenters. The van der Waals surface area contributed by atoms with Gasteiger partial charge >= 0.3 is 0 Å². The topological polar surface area (TPSA) is 0 Å². The minimum absolute atomic E-state index is 0.782. The van der Waals surface area contributed by atoms with E-state index in [1.54, 1.807) is 0 Å². The highest BCUT2D eigenvalue weighted by Gasteiger charge is 2.09. The van der Waals surface area contributed by atoms with Crippen LogP contribution in [0.3, 0.4) is 0 Å². The van der Waals surface area contributed by atoms with Crippen LogP contribution in [-0.4, -0.2) is 0 Å². The maximum Gasteiger partial charge on any atom is -0.0162 e. The van der Waals surface area contributed by atoms with Gasteiger partial charge in [0.25, 0.3) is 0 Å². The maximum atomic E-state index is 2.32. The van der Waals surface area contributed by atoms with Crippen LogP contribution in [0.1, 0.15) is 64.4 Å². The van der Waals surface area contributed by atoms with Gasteiger partial charge in [0.15, 0.2) is 0 Å². The lowest BCUT2D eigenvalue weighted by Gasteiger charge is -2.17. The Hall–Kier alpha value is -0.780. The molecule has 0 radical (unpaired) electrons. The zero-order valence-electron chi connectivity index (χ0n) is 11.1. The third-order valence-electron chi connectivity index (χ3n) is 3.24. The van der Waals surface area contributed by atoms with E-state index in [9.17, 15) is 0 Å². The summed E-state index contributed by atoms with van der Waals surface area (Å²) in [6.07, 6.45) is 6.73. The third-order valence-corrected chi connectivity index (χ3v) is 3.24. The average molecular weight is 218 g/mol. The standard InChI is InChI=1S/C16H26/c1-4-9-15(13-8-10-14(2)3)16-11-6-5-7-12-16/h5-7,11-12,14-15H,4,8-10,13H2,1-3H3. The molecule has 90 valence electrons. The Morgan fingerprint density at radius 3 is 2.19 bits per heavy atom. The van der Waals surface area contributed by atoms with Crippen LogP contribution >= 0.6 is 0 Å². The van der Waals surface area contributed by atoms with Gasteiger partial charge in [0.2, 0.25) is 0 Å². The summed E-state index contributed by atoms with van der Waals surface area (Å²) in [6, 6.07) is 11.0. The van der Waals surface area contributed by atoms with Gasteiger partial charge in [-0.3, -0.25) is 0 Å². The molecule has 1 aromatic rings. The predicted octanol–water partition coefficient (Wildman–Crippen LogP) is 5.40. The van der Waals surface area contributed by atoms with E-state index < -0.39 is 0 Å².